The maximum Gasteiger partial charge on any atom is 0.290 e. The molecule has 0 amide bonds. The highest BCUT2D eigenvalue weighted by molar-refractivity contribution is 5.83. The lowest BCUT2D eigenvalue weighted by Crippen LogP contribution is -2.29. The van der Waals surface area contributed by atoms with E-state index >= 15 is 0 Å². The van der Waals surface area contributed by atoms with E-state index in [-0.39, 0.29) is 29.8 Å². The Hall–Kier alpha value is -4.41. The van der Waals surface area contributed by atoms with Gasteiger partial charge in [-0.2, -0.15) is 14.8 Å². The summed E-state index contributed by atoms with van der Waals surface area (Å²) in [5, 5.41) is 52.6. The van der Waals surface area contributed by atoms with E-state index in [1.165, 1.54) is 15.7 Å². The molecule has 1 aliphatic heterocycles. The molecule has 0 spiro atoms. The molecule has 0 bridgehead atoms. The van der Waals surface area contributed by atoms with Gasteiger partial charge in [0, 0.05) is 6.54 Å². The van der Waals surface area contributed by atoms with Crippen molar-refractivity contribution in [2.45, 2.75) is 44.4 Å². The first kappa shape index (κ1) is 25.7. The van der Waals surface area contributed by atoms with Gasteiger partial charge in [-0.3, -0.25) is 9.36 Å². The summed E-state index contributed by atoms with van der Waals surface area (Å²) >= 11 is 0. The molecule has 4 atom stereocenters. The minimum atomic E-state index is -1.29. The number of carboxylic acid groups (broad SMARTS) is 1. The first-order valence-electron chi connectivity index (χ1n) is 11.2. The fourth-order valence-electron chi connectivity index (χ4n) is 3.79. The molecule has 37 heavy (non-hydrogen) atoms. The number of phenolic OH excluding ortho intramolecular Hbond substituents is 1. The highest BCUT2D eigenvalue weighted by Crippen LogP contribution is 2.38. The number of rotatable bonds is 7. The molecule has 4 aromatic rings. The van der Waals surface area contributed by atoms with E-state index in [0.29, 0.717) is 30.7 Å². The van der Waals surface area contributed by atoms with Crippen LogP contribution in [0.15, 0.2) is 30.6 Å². The zero-order chi connectivity index (χ0) is 26.5. The molecule has 1 aromatic carbocycles. The number of nitrogens with zero attached hydrogens (tertiary/aromatic N) is 8. The molecule has 0 radical (unpaired) electrons. The molecular weight excluding hydrogens is 488 g/mol. The number of imidazole rings is 1. The van der Waals surface area contributed by atoms with Crippen molar-refractivity contribution in [3.8, 4) is 5.75 Å². The van der Waals surface area contributed by atoms with Crippen molar-refractivity contribution in [2.75, 3.05) is 17.6 Å². The van der Waals surface area contributed by atoms with Gasteiger partial charge in [-0.05, 0) is 36.3 Å². The summed E-state index contributed by atoms with van der Waals surface area (Å²) in [6, 6.07) is 6.92. The standard InChI is InChI=1S/C20H24N10O4.CH2O2/c1-2-30-27-17(26-28-30)15-13(32)14(33)19(34-15)29-9-23-12-16(21)24-20(25-18(12)29)22-8-7-10-3-5-11(31)6-4-10;2-1-3/h3-6,9,13-15,19,31-33H,2,7-8H2,1H3,(H3,21,22,24,25);1H,(H,2,3)/t13-,14+,15-,19+;/m0./s1. The number of nitrogen functional groups attached to an aromatic ring is 1. The van der Waals surface area contributed by atoms with Gasteiger partial charge >= 0.3 is 0 Å². The normalized spacial score (nSPS) is 20.9. The third-order valence-corrected chi connectivity index (χ3v) is 5.60. The predicted molar refractivity (Wildman–Crippen MR) is 127 cm³/mol. The van der Waals surface area contributed by atoms with Gasteiger partial charge in [0.2, 0.25) is 11.8 Å². The Bertz CT molecular complexity index is 1340. The second kappa shape index (κ2) is 11.1. The molecule has 1 saturated heterocycles. The summed E-state index contributed by atoms with van der Waals surface area (Å²) in [6.07, 6.45) is -2.45. The summed E-state index contributed by atoms with van der Waals surface area (Å²) in [4.78, 5) is 22.7. The molecule has 1 aliphatic rings. The summed E-state index contributed by atoms with van der Waals surface area (Å²) < 4.78 is 7.41. The molecule has 5 rings (SSSR count). The topological polar surface area (TPSA) is 232 Å². The Labute approximate surface area is 209 Å². The third-order valence-electron chi connectivity index (χ3n) is 5.60. The van der Waals surface area contributed by atoms with Gasteiger partial charge in [0.15, 0.2) is 23.8 Å². The van der Waals surface area contributed by atoms with E-state index in [9.17, 15) is 15.3 Å². The molecule has 0 unspecified atom stereocenters. The lowest BCUT2D eigenvalue weighted by Gasteiger charge is -2.16. The number of fused-ring (bicyclic) bond motifs is 1. The Morgan fingerprint density at radius 2 is 1.92 bits per heavy atom. The van der Waals surface area contributed by atoms with Crippen LogP contribution in [0.3, 0.4) is 0 Å². The lowest BCUT2D eigenvalue weighted by molar-refractivity contribution is -0.122. The van der Waals surface area contributed by atoms with Crippen molar-refractivity contribution < 1.29 is 30.0 Å². The number of phenols is 1. The predicted octanol–water partition coefficient (Wildman–Crippen LogP) is -0.532. The van der Waals surface area contributed by atoms with Gasteiger partial charge in [0.05, 0.1) is 12.9 Å². The summed E-state index contributed by atoms with van der Waals surface area (Å²) in [5.74, 6) is 0.822. The minimum Gasteiger partial charge on any atom is -0.508 e. The van der Waals surface area contributed by atoms with Gasteiger partial charge in [-0.15, -0.1) is 10.2 Å². The number of aliphatic hydroxyl groups is 2. The van der Waals surface area contributed by atoms with Crippen LogP contribution >= 0.6 is 0 Å². The maximum atomic E-state index is 10.7. The van der Waals surface area contributed by atoms with Crippen LogP contribution in [-0.4, -0.2) is 85.4 Å². The van der Waals surface area contributed by atoms with Crippen LogP contribution in [-0.2, 0) is 22.5 Å². The number of aliphatic hydroxyl groups excluding tert-OH is 2. The fourth-order valence-corrected chi connectivity index (χ4v) is 3.79. The van der Waals surface area contributed by atoms with Crippen molar-refractivity contribution in [3.63, 3.8) is 0 Å². The monoisotopic (exact) mass is 514 g/mol. The Kier molecular flexibility index (Phi) is 7.71. The SMILES string of the molecule is CCn1nnc([C@H]2O[C@@H](n3cnc4c(N)nc(NCCc5ccc(O)cc5)nc43)[C@H](O)[C@@H]2O)n1.O=CO. The van der Waals surface area contributed by atoms with Crippen molar-refractivity contribution in [2.24, 2.45) is 0 Å². The molecule has 16 nitrogen and oxygen atoms in total. The number of nitrogens with two attached hydrogens (primary N) is 1. The number of carbonyl (C=O) groups is 1. The average molecular weight is 515 g/mol. The van der Waals surface area contributed by atoms with Gasteiger partial charge in [0.1, 0.15) is 23.5 Å². The van der Waals surface area contributed by atoms with E-state index in [0.717, 1.165) is 5.56 Å². The molecular formula is C21H26N10O6. The van der Waals surface area contributed by atoms with Gasteiger partial charge in [-0.25, -0.2) is 4.98 Å². The number of hydrogen-bond donors (Lipinski definition) is 6. The van der Waals surface area contributed by atoms with Crippen LogP contribution in [0.4, 0.5) is 11.8 Å². The number of ether oxygens (including phenoxy) is 1. The van der Waals surface area contributed by atoms with Gasteiger partial charge in [-0.1, -0.05) is 12.1 Å². The summed E-state index contributed by atoms with van der Waals surface area (Å²) in [6.45, 7) is 2.63. The smallest absolute Gasteiger partial charge is 0.290 e. The minimum absolute atomic E-state index is 0.160. The van der Waals surface area contributed by atoms with Crippen LogP contribution in [0.25, 0.3) is 11.2 Å². The number of hydrogen-bond acceptors (Lipinski definition) is 13. The maximum absolute atomic E-state index is 10.7. The van der Waals surface area contributed by atoms with Crippen molar-refractivity contribution in [1.29, 1.82) is 0 Å². The molecule has 196 valence electrons. The van der Waals surface area contributed by atoms with Crippen molar-refractivity contribution >= 4 is 29.4 Å². The van der Waals surface area contributed by atoms with Crippen molar-refractivity contribution in [1.82, 2.24) is 39.7 Å². The number of nitrogens with one attached hydrogen (secondary N) is 1. The highest BCUT2D eigenvalue weighted by Gasteiger charge is 2.47. The average Bonchev–Trinajstić information content (AvgIpc) is 3.59. The summed E-state index contributed by atoms with van der Waals surface area (Å²) in [7, 11) is 0. The van der Waals surface area contributed by atoms with Crippen LogP contribution < -0.4 is 11.1 Å². The largest absolute Gasteiger partial charge is 0.508 e. The molecule has 1 fully saturated rings. The van der Waals surface area contributed by atoms with Gasteiger partial charge in [0.25, 0.3) is 6.47 Å². The van der Waals surface area contributed by atoms with Crippen LogP contribution in [0.1, 0.15) is 30.6 Å². The van der Waals surface area contributed by atoms with Crippen molar-refractivity contribution in [3.05, 3.63) is 42.0 Å². The molecule has 16 heteroatoms. The zero-order valence-corrected chi connectivity index (χ0v) is 19.7. The van der Waals surface area contributed by atoms with E-state index in [1.54, 1.807) is 12.1 Å². The molecule has 4 heterocycles. The van der Waals surface area contributed by atoms with Crippen LogP contribution in [0.5, 0.6) is 5.75 Å². The zero-order valence-electron chi connectivity index (χ0n) is 19.7. The number of anilines is 2. The Morgan fingerprint density at radius 3 is 2.59 bits per heavy atom. The van der Waals surface area contributed by atoms with E-state index in [1.807, 2.05) is 19.1 Å². The second-order valence-corrected chi connectivity index (χ2v) is 7.97. The second-order valence-electron chi connectivity index (χ2n) is 7.97. The molecule has 3 aromatic heterocycles. The number of tetrazole rings is 1. The summed E-state index contributed by atoms with van der Waals surface area (Å²) in [5.41, 5.74) is 7.79. The van der Waals surface area contributed by atoms with Crippen LogP contribution in [0.2, 0.25) is 0 Å². The molecule has 0 aliphatic carbocycles. The lowest BCUT2D eigenvalue weighted by atomic mass is 10.1. The first-order valence-corrected chi connectivity index (χ1v) is 11.2. The van der Waals surface area contributed by atoms with Gasteiger partial charge < -0.3 is 36.2 Å². The fraction of sp³-hybridized carbons (Fsp3) is 0.381. The highest BCUT2D eigenvalue weighted by atomic mass is 16.6. The number of aromatic hydroxyl groups is 1. The van der Waals surface area contributed by atoms with E-state index < -0.39 is 24.5 Å². The number of benzene rings is 1. The first-order chi connectivity index (χ1) is 17.9. The Morgan fingerprint density at radius 1 is 1.19 bits per heavy atom. The van der Waals surface area contributed by atoms with E-state index in [2.05, 4.69) is 35.7 Å². The number of aromatic nitrogens is 8. The number of aryl methyl sites for hydroxylation is 1. The quantitative estimate of drug-likeness (QED) is 0.170. The Balaban J connectivity index is 0.00000102. The van der Waals surface area contributed by atoms with E-state index in [4.69, 9.17) is 20.4 Å². The molecule has 0 saturated carbocycles. The van der Waals surface area contributed by atoms with Crippen LogP contribution in [0, 0.1) is 0 Å². The third kappa shape index (κ3) is 5.40. The molecule has 7 N–H and O–H groups in total.